The van der Waals surface area contributed by atoms with Gasteiger partial charge in [-0.25, -0.2) is 4.79 Å². The number of amides is 1. The zero-order valence-corrected chi connectivity index (χ0v) is 16.2. The van der Waals surface area contributed by atoms with Crippen molar-refractivity contribution in [2.45, 2.75) is 13.8 Å². The highest BCUT2D eigenvalue weighted by Gasteiger charge is 2.17. The smallest absolute Gasteiger partial charge is 0.339 e. The summed E-state index contributed by atoms with van der Waals surface area (Å²) in [6.07, 6.45) is 0. The first-order chi connectivity index (χ1) is 14.0. The molecule has 0 aliphatic carbocycles. The summed E-state index contributed by atoms with van der Waals surface area (Å²) in [4.78, 5) is 24.8. The van der Waals surface area contributed by atoms with Gasteiger partial charge in [-0.1, -0.05) is 42.5 Å². The van der Waals surface area contributed by atoms with Crippen LogP contribution in [-0.2, 0) is 9.53 Å². The standard InChI is InChI=1S/C24H20N2O3/c1-16-11-12-19(13-17(16)2)26-23(27)15-29-24(28)22-10-6-5-9-21(22)20-8-4-3-7-18(20)14-25/h3-13H,15H2,1-2H3,(H,26,27). The van der Waals surface area contributed by atoms with Gasteiger partial charge >= 0.3 is 5.97 Å². The lowest BCUT2D eigenvalue weighted by atomic mass is 9.96. The third kappa shape index (κ3) is 4.69. The molecule has 3 aromatic carbocycles. The third-order valence-electron chi connectivity index (χ3n) is 4.61. The van der Waals surface area contributed by atoms with Crippen molar-refractivity contribution in [3.63, 3.8) is 0 Å². The quantitative estimate of drug-likeness (QED) is 0.650. The van der Waals surface area contributed by atoms with Crippen LogP contribution in [0.15, 0.2) is 66.7 Å². The van der Waals surface area contributed by atoms with E-state index in [4.69, 9.17) is 4.74 Å². The van der Waals surface area contributed by atoms with Gasteiger partial charge in [-0.15, -0.1) is 0 Å². The second kappa shape index (κ2) is 8.85. The molecule has 0 aliphatic heterocycles. The van der Waals surface area contributed by atoms with Crippen LogP contribution in [-0.4, -0.2) is 18.5 Å². The number of aryl methyl sites for hydroxylation is 2. The summed E-state index contributed by atoms with van der Waals surface area (Å²) in [6.45, 7) is 3.55. The van der Waals surface area contributed by atoms with E-state index in [0.29, 0.717) is 27.9 Å². The first-order valence-electron chi connectivity index (χ1n) is 9.12. The zero-order valence-electron chi connectivity index (χ0n) is 16.2. The van der Waals surface area contributed by atoms with E-state index in [9.17, 15) is 14.9 Å². The number of hydrogen-bond acceptors (Lipinski definition) is 4. The molecule has 0 saturated carbocycles. The summed E-state index contributed by atoms with van der Waals surface area (Å²) < 4.78 is 5.22. The lowest BCUT2D eigenvalue weighted by Crippen LogP contribution is -2.21. The fraction of sp³-hybridized carbons (Fsp3) is 0.125. The predicted molar refractivity (Wildman–Crippen MR) is 111 cm³/mol. The molecule has 29 heavy (non-hydrogen) atoms. The van der Waals surface area contributed by atoms with Crippen molar-refractivity contribution < 1.29 is 14.3 Å². The van der Waals surface area contributed by atoms with Crippen LogP contribution in [0.3, 0.4) is 0 Å². The normalized spacial score (nSPS) is 10.1. The molecule has 1 amide bonds. The summed E-state index contributed by atoms with van der Waals surface area (Å²) in [7, 11) is 0. The Bertz CT molecular complexity index is 1110. The van der Waals surface area contributed by atoms with Gasteiger partial charge in [0.2, 0.25) is 0 Å². The van der Waals surface area contributed by atoms with Gasteiger partial charge in [0, 0.05) is 11.3 Å². The topological polar surface area (TPSA) is 79.2 Å². The summed E-state index contributed by atoms with van der Waals surface area (Å²) in [5.41, 5.74) is 4.83. The maximum atomic E-state index is 12.6. The monoisotopic (exact) mass is 384 g/mol. The Morgan fingerprint density at radius 3 is 2.34 bits per heavy atom. The minimum atomic E-state index is -0.622. The first kappa shape index (κ1) is 19.8. The molecule has 0 unspecified atom stereocenters. The van der Waals surface area contributed by atoms with Gasteiger partial charge in [-0.05, 0) is 54.8 Å². The highest BCUT2D eigenvalue weighted by atomic mass is 16.5. The maximum Gasteiger partial charge on any atom is 0.339 e. The lowest BCUT2D eigenvalue weighted by molar-refractivity contribution is -0.119. The van der Waals surface area contributed by atoms with E-state index in [2.05, 4.69) is 11.4 Å². The molecule has 144 valence electrons. The number of carbonyl (C=O) groups is 2. The molecule has 5 heteroatoms. The van der Waals surface area contributed by atoms with E-state index >= 15 is 0 Å². The van der Waals surface area contributed by atoms with Gasteiger partial charge in [0.25, 0.3) is 5.91 Å². The summed E-state index contributed by atoms with van der Waals surface area (Å²) >= 11 is 0. The largest absolute Gasteiger partial charge is 0.452 e. The summed E-state index contributed by atoms with van der Waals surface area (Å²) in [6, 6.07) is 21.6. The molecule has 0 radical (unpaired) electrons. The molecule has 0 bridgehead atoms. The lowest BCUT2D eigenvalue weighted by Gasteiger charge is -2.11. The second-order valence-corrected chi connectivity index (χ2v) is 6.63. The van der Waals surface area contributed by atoms with E-state index < -0.39 is 18.5 Å². The van der Waals surface area contributed by atoms with E-state index in [1.165, 1.54) is 0 Å². The zero-order chi connectivity index (χ0) is 20.8. The molecule has 0 saturated heterocycles. The van der Waals surface area contributed by atoms with Gasteiger partial charge in [0.15, 0.2) is 6.61 Å². The molecule has 0 spiro atoms. The Hall–Kier alpha value is -3.91. The van der Waals surface area contributed by atoms with Crippen molar-refractivity contribution >= 4 is 17.6 Å². The van der Waals surface area contributed by atoms with Gasteiger partial charge in [0.05, 0.1) is 17.2 Å². The van der Waals surface area contributed by atoms with E-state index in [1.807, 2.05) is 26.0 Å². The number of hydrogen-bond donors (Lipinski definition) is 1. The van der Waals surface area contributed by atoms with Crippen molar-refractivity contribution in [1.82, 2.24) is 0 Å². The van der Waals surface area contributed by atoms with Crippen LogP contribution in [0, 0.1) is 25.2 Å². The SMILES string of the molecule is Cc1ccc(NC(=O)COC(=O)c2ccccc2-c2ccccc2C#N)cc1C. The highest BCUT2D eigenvalue weighted by Crippen LogP contribution is 2.27. The molecule has 0 fully saturated rings. The number of ether oxygens (including phenoxy) is 1. The second-order valence-electron chi connectivity index (χ2n) is 6.63. The van der Waals surface area contributed by atoms with Crippen LogP contribution in [0.25, 0.3) is 11.1 Å². The van der Waals surface area contributed by atoms with Crippen LogP contribution < -0.4 is 5.32 Å². The Morgan fingerprint density at radius 1 is 0.931 bits per heavy atom. The molecule has 1 N–H and O–H groups in total. The number of nitrogens with zero attached hydrogens (tertiary/aromatic N) is 1. The minimum absolute atomic E-state index is 0.300. The molecule has 3 aromatic rings. The summed E-state index contributed by atoms with van der Waals surface area (Å²) in [5.74, 6) is -1.04. The van der Waals surface area contributed by atoms with E-state index in [1.54, 1.807) is 54.6 Å². The van der Waals surface area contributed by atoms with Crippen molar-refractivity contribution in [2.75, 3.05) is 11.9 Å². The van der Waals surface area contributed by atoms with Crippen LogP contribution in [0.1, 0.15) is 27.0 Å². The Kier molecular flexibility index (Phi) is 6.06. The molecule has 5 nitrogen and oxygen atoms in total. The number of nitrogens with one attached hydrogen (secondary N) is 1. The fourth-order valence-corrected chi connectivity index (χ4v) is 2.94. The third-order valence-corrected chi connectivity index (χ3v) is 4.61. The van der Waals surface area contributed by atoms with Crippen molar-refractivity contribution in [1.29, 1.82) is 5.26 Å². The predicted octanol–water partition coefficient (Wildman–Crippen LogP) is 4.64. The molecular weight excluding hydrogens is 364 g/mol. The Balaban J connectivity index is 1.72. The van der Waals surface area contributed by atoms with Crippen LogP contribution >= 0.6 is 0 Å². The van der Waals surface area contributed by atoms with Gasteiger partial charge in [0.1, 0.15) is 0 Å². The molecule has 3 rings (SSSR count). The van der Waals surface area contributed by atoms with Crippen LogP contribution in [0.2, 0.25) is 0 Å². The Labute approximate surface area is 169 Å². The summed E-state index contributed by atoms with van der Waals surface area (Å²) in [5, 5.41) is 12.1. The van der Waals surface area contributed by atoms with Gasteiger partial charge in [-0.3, -0.25) is 4.79 Å². The number of benzene rings is 3. The van der Waals surface area contributed by atoms with Gasteiger partial charge < -0.3 is 10.1 Å². The number of rotatable bonds is 5. The fourth-order valence-electron chi connectivity index (χ4n) is 2.94. The average Bonchev–Trinajstić information content (AvgIpc) is 2.74. The molecule has 0 atom stereocenters. The molecule has 0 heterocycles. The number of carbonyl (C=O) groups excluding carboxylic acids is 2. The molecule has 0 aromatic heterocycles. The first-order valence-corrected chi connectivity index (χ1v) is 9.12. The van der Waals surface area contributed by atoms with Gasteiger partial charge in [-0.2, -0.15) is 5.26 Å². The molecule has 0 aliphatic rings. The van der Waals surface area contributed by atoms with E-state index in [0.717, 1.165) is 11.1 Å². The number of nitriles is 1. The number of esters is 1. The minimum Gasteiger partial charge on any atom is -0.452 e. The van der Waals surface area contributed by atoms with Crippen molar-refractivity contribution in [2.24, 2.45) is 0 Å². The van der Waals surface area contributed by atoms with Crippen LogP contribution in [0.5, 0.6) is 0 Å². The molecular formula is C24H20N2O3. The van der Waals surface area contributed by atoms with E-state index in [-0.39, 0.29) is 0 Å². The highest BCUT2D eigenvalue weighted by molar-refractivity contribution is 6.00. The average molecular weight is 384 g/mol. The van der Waals surface area contributed by atoms with Crippen molar-refractivity contribution in [3.05, 3.63) is 89.0 Å². The maximum absolute atomic E-state index is 12.6. The van der Waals surface area contributed by atoms with Crippen LogP contribution in [0.4, 0.5) is 5.69 Å². The van der Waals surface area contributed by atoms with Crippen molar-refractivity contribution in [3.8, 4) is 17.2 Å². The Morgan fingerprint density at radius 2 is 1.62 bits per heavy atom. The number of anilines is 1.